The topological polar surface area (TPSA) is 72.2 Å². The van der Waals surface area contributed by atoms with E-state index in [0.717, 1.165) is 5.76 Å². The highest BCUT2D eigenvalue weighted by Crippen LogP contribution is 2.08. The molecule has 1 amide bonds. The second-order valence-electron chi connectivity index (χ2n) is 4.95. The molecular weight excluding hydrogens is 276 g/mol. The summed E-state index contributed by atoms with van der Waals surface area (Å²) in [5.74, 6) is 0.299. The number of carbonyl (C=O) groups is 2. The fourth-order valence-corrected chi connectivity index (χ4v) is 2.16. The fourth-order valence-electron chi connectivity index (χ4n) is 2.16. The summed E-state index contributed by atoms with van der Waals surface area (Å²) in [6.45, 7) is 2.07. The standard InChI is InChI=1S/C14H20N2O5/c1-15(8-11-4-3-6-20-11)13(17)10-16-5-7-21-12(9-16)14(18)19-2/h3-4,6,12H,5,7-10H2,1-2H3. The van der Waals surface area contributed by atoms with Gasteiger partial charge in [-0.25, -0.2) is 4.79 Å². The Morgan fingerprint density at radius 2 is 2.33 bits per heavy atom. The van der Waals surface area contributed by atoms with Gasteiger partial charge in [-0.3, -0.25) is 9.69 Å². The molecule has 2 heterocycles. The summed E-state index contributed by atoms with van der Waals surface area (Å²) in [6, 6.07) is 3.61. The molecule has 0 saturated carbocycles. The molecule has 1 aliphatic rings. The van der Waals surface area contributed by atoms with Crippen LogP contribution in [0.4, 0.5) is 0 Å². The highest BCUT2D eigenvalue weighted by molar-refractivity contribution is 5.78. The summed E-state index contributed by atoms with van der Waals surface area (Å²) in [4.78, 5) is 27.1. The Bertz CT molecular complexity index is 474. The number of nitrogens with zero attached hydrogens (tertiary/aromatic N) is 2. The van der Waals surface area contributed by atoms with Gasteiger partial charge in [-0.05, 0) is 12.1 Å². The monoisotopic (exact) mass is 296 g/mol. The minimum absolute atomic E-state index is 0.0306. The molecule has 1 aromatic heterocycles. The third-order valence-corrected chi connectivity index (χ3v) is 3.37. The Labute approximate surface area is 123 Å². The van der Waals surface area contributed by atoms with E-state index < -0.39 is 12.1 Å². The van der Waals surface area contributed by atoms with E-state index in [4.69, 9.17) is 9.15 Å². The first kappa shape index (κ1) is 15.5. The van der Waals surface area contributed by atoms with Crippen molar-refractivity contribution in [3.63, 3.8) is 0 Å². The van der Waals surface area contributed by atoms with E-state index in [2.05, 4.69) is 4.74 Å². The minimum Gasteiger partial charge on any atom is -0.467 e. The van der Waals surface area contributed by atoms with Crippen LogP contribution in [-0.4, -0.2) is 68.2 Å². The van der Waals surface area contributed by atoms with E-state index >= 15 is 0 Å². The van der Waals surface area contributed by atoms with Crippen LogP contribution in [0.1, 0.15) is 5.76 Å². The molecular formula is C14H20N2O5. The van der Waals surface area contributed by atoms with Crippen LogP contribution in [-0.2, 0) is 25.6 Å². The predicted octanol–water partition coefficient (Wildman–Crippen LogP) is 0.112. The molecule has 0 aromatic carbocycles. The van der Waals surface area contributed by atoms with Gasteiger partial charge in [-0.1, -0.05) is 0 Å². The Morgan fingerprint density at radius 1 is 1.52 bits per heavy atom. The number of rotatable bonds is 5. The molecule has 1 aromatic rings. The third kappa shape index (κ3) is 4.30. The van der Waals surface area contributed by atoms with Crippen molar-refractivity contribution in [2.24, 2.45) is 0 Å². The predicted molar refractivity (Wildman–Crippen MR) is 73.4 cm³/mol. The molecule has 0 spiro atoms. The summed E-state index contributed by atoms with van der Waals surface area (Å²) < 4.78 is 15.2. The number of carbonyl (C=O) groups excluding carboxylic acids is 2. The SMILES string of the molecule is COC(=O)C1CN(CC(=O)N(C)Cc2ccco2)CCO1. The van der Waals surface area contributed by atoms with Gasteiger partial charge in [0.2, 0.25) is 5.91 Å². The van der Waals surface area contributed by atoms with Crippen LogP contribution in [0.5, 0.6) is 0 Å². The zero-order chi connectivity index (χ0) is 15.2. The van der Waals surface area contributed by atoms with E-state index in [0.29, 0.717) is 26.2 Å². The van der Waals surface area contributed by atoms with Crippen molar-refractivity contribution in [2.75, 3.05) is 40.4 Å². The van der Waals surface area contributed by atoms with Gasteiger partial charge in [0.1, 0.15) is 5.76 Å². The third-order valence-electron chi connectivity index (χ3n) is 3.37. The molecule has 116 valence electrons. The maximum absolute atomic E-state index is 12.2. The van der Waals surface area contributed by atoms with Gasteiger partial charge in [-0.2, -0.15) is 0 Å². The maximum Gasteiger partial charge on any atom is 0.336 e. The number of morpholine rings is 1. The van der Waals surface area contributed by atoms with Crippen LogP contribution < -0.4 is 0 Å². The van der Waals surface area contributed by atoms with Crippen molar-refractivity contribution < 1.29 is 23.5 Å². The van der Waals surface area contributed by atoms with Gasteiger partial charge in [0.05, 0.1) is 33.1 Å². The van der Waals surface area contributed by atoms with Crippen molar-refractivity contribution in [1.29, 1.82) is 0 Å². The second kappa shape index (κ2) is 7.24. The number of likely N-dealkylation sites (N-methyl/N-ethyl adjacent to an activating group) is 1. The first-order valence-corrected chi connectivity index (χ1v) is 6.78. The fraction of sp³-hybridized carbons (Fsp3) is 0.571. The summed E-state index contributed by atoms with van der Waals surface area (Å²) in [6.07, 6.45) is 0.961. The quantitative estimate of drug-likeness (QED) is 0.718. The molecule has 1 saturated heterocycles. The van der Waals surface area contributed by atoms with Crippen LogP contribution >= 0.6 is 0 Å². The molecule has 7 heteroatoms. The van der Waals surface area contributed by atoms with E-state index in [9.17, 15) is 9.59 Å². The summed E-state index contributed by atoms with van der Waals surface area (Å²) >= 11 is 0. The lowest BCUT2D eigenvalue weighted by Crippen LogP contribution is -2.49. The van der Waals surface area contributed by atoms with Gasteiger partial charge < -0.3 is 18.8 Å². The normalized spacial score (nSPS) is 19.2. The Hall–Kier alpha value is -1.86. The average molecular weight is 296 g/mol. The van der Waals surface area contributed by atoms with Crippen molar-refractivity contribution >= 4 is 11.9 Å². The number of ether oxygens (including phenoxy) is 2. The molecule has 7 nitrogen and oxygen atoms in total. The second-order valence-corrected chi connectivity index (χ2v) is 4.95. The molecule has 21 heavy (non-hydrogen) atoms. The summed E-state index contributed by atoms with van der Waals surface area (Å²) in [5, 5.41) is 0. The van der Waals surface area contributed by atoms with Gasteiger partial charge in [0.25, 0.3) is 0 Å². The zero-order valence-electron chi connectivity index (χ0n) is 12.3. The Morgan fingerprint density at radius 3 is 3.00 bits per heavy atom. The number of esters is 1. The van der Waals surface area contributed by atoms with Crippen molar-refractivity contribution in [3.8, 4) is 0 Å². The highest BCUT2D eigenvalue weighted by atomic mass is 16.6. The summed E-state index contributed by atoms with van der Waals surface area (Å²) in [5.41, 5.74) is 0. The Balaban J connectivity index is 1.82. The van der Waals surface area contributed by atoms with Gasteiger partial charge in [-0.15, -0.1) is 0 Å². The van der Waals surface area contributed by atoms with E-state index in [-0.39, 0.29) is 12.5 Å². The molecule has 0 bridgehead atoms. The van der Waals surface area contributed by atoms with Crippen molar-refractivity contribution in [3.05, 3.63) is 24.2 Å². The molecule has 0 aliphatic carbocycles. The van der Waals surface area contributed by atoms with Crippen molar-refractivity contribution in [1.82, 2.24) is 9.80 Å². The van der Waals surface area contributed by atoms with Gasteiger partial charge in [0, 0.05) is 20.1 Å². The number of hydrogen-bond acceptors (Lipinski definition) is 6. The molecule has 1 fully saturated rings. The van der Waals surface area contributed by atoms with Crippen LogP contribution in [0.2, 0.25) is 0 Å². The average Bonchev–Trinajstić information content (AvgIpc) is 2.99. The number of hydrogen-bond donors (Lipinski definition) is 0. The van der Waals surface area contributed by atoms with Gasteiger partial charge in [0.15, 0.2) is 6.10 Å². The molecule has 0 N–H and O–H groups in total. The zero-order valence-corrected chi connectivity index (χ0v) is 12.3. The summed E-state index contributed by atoms with van der Waals surface area (Å²) in [7, 11) is 3.05. The number of amides is 1. The van der Waals surface area contributed by atoms with E-state index in [1.165, 1.54) is 7.11 Å². The lowest BCUT2D eigenvalue weighted by Gasteiger charge is -2.31. The van der Waals surface area contributed by atoms with E-state index in [1.54, 1.807) is 24.3 Å². The lowest BCUT2D eigenvalue weighted by molar-refractivity contribution is -0.160. The van der Waals surface area contributed by atoms with Crippen molar-refractivity contribution in [2.45, 2.75) is 12.6 Å². The molecule has 1 aliphatic heterocycles. The first-order valence-electron chi connectivity index (χ1n) is 6.78. The van der Waals surface area contributed by atoms with Crippen LogP contribution in [0.15, 0.2) is 22.8 Å². The molecule has 1 unspecified atom stereocenters. The number of methoxy groups -OCH3 is 1. The molecule has 1 atom stereocenters. The van der Waals surface area contributed by atoms with Gasteiger partial charge >= 0.3 is 5.97 Å². The maximum atomic E-state index is 12.2. The minimum atomic E-state index is -0.619. The van der Waals surface area contributed by atoms with Crippen LogP contribution in [0.3, 0.4) is 0 Å². The Kier molecular flexibility index (Phi) is 5.35. The smallest absolute Gasteiger partial charge is 0.336 e. The number of furan rings is 1. The highest BCUT2D eigenvalue weighted by Gasteiger charge is 2.28. The molecule has 0 radical (unpaired) electrons. The van der Waals surface area contributed by atoms with Crippen LogP contribution in [0, 0.1) is 0 Å². The lowest BCUT2D eigenvalue weighted by atomic mass is 10.2. The first-order chi connectivity index (χ1) is 10.1. The largest absolute Gasteiger partial charge is 0.467 e. The van der Waals surface area contributed by atoms with E-state index in [1.807, 2.05) is 11.0 Å². The van der Waals surface area contributed by atoms with Crippen LogP contribution in [0.25, 0.3) is 0 Å². The molecule has 2 rings (SSSR count).